The molecule has 0 fully saturated rings. The van der Waals surface area contributed by atoms with Crippen LogP contribution >= 0.6 is 0 Å². The van der Waals surface area contributed by atoms with Gasteiger partial charge in [0, 0.05) is 11.1 Å². The second-order valence-corrected chi connectivity index (χ2v) is 9.56. The highest BCUT2D eigenvalue weighted by atomic mass is 14.5. The van der Waals surface area contributed by atoms with Crippen LogP contribution in [0.25, 0.3) is 12.2 Å². The largest absolute Gasteiger partial charge is 0.399 e. The number of aryl methyl sites for hydroxylation is 2. The van der Waals surface area contributed by atoms with E-state index in [-0.39, 0.29) is 5.41 Å². The predicted molar refractivity (Wildman–Crippen MR) is 161 cm³/mol. The molecule has 0 bridgehead atoms. The van der Waals surface area contributed by atoms with E-state index in [1.165, 1.54) is 38.9 Å². The third-order valence-corrected chi connectivity index (χ3v) is 6.81. The average Bonchev–Trinajstić information content (AvgIpc) is 3.06. The van der Waals surface area contributed by atoms with E-state index in [4.69, 9.17) is 5.73 Å². The molecule has 37 heavy (non-hydrogen) atoms. The molecule has 0 spiro atoms. The molecule has 0 unspecified atom stereocenters. The zero-order chi connectivity index (χ0) is 26.1. The van der Waals surface area contributed by atoms with Gasteiger partial charge in [-0.3, -0.25) is 0 Å². The van der Waals surface area contributed by atoms with Crippen molar-refractivity contribution in [3.05, 3.63) is 172 Å². The number of fused-ring (bicyclic) bond motifs is 2. The summed E-state index contributed by atoms with van der Waals surface area (Å²) in [5, 5.41) is 0. The Labute approximate surface area is 222 Å². The van der Waals surface area contributed by atoms with Crippen molar-refractivity contribution < 1.29 is 0 Å². The Balaban J connectivity index is 0.000000186. The minimum absolute atomic E-state index is 0.204. The van der Waals surface area contributed by atoms with E-state index in [2.05, 4.69) is 118 Å². The van der Waals surface area contributed by atoms with Crippen LogP contribution in [0.15, 0.2) is 133 Å². The SMILES string of the molecule is CC1(c2ccc(N)cc2)c2ccccc2C=Cc2ccccc21.Cc1ccccc1.Cc1ccccc1. The Hall–Kier alpha value is -4.36. The second kappa shape index (κ2) is 12.1. The highest BCUT2D eigenvalue weighted by Crippen LogP contribution is 2.44. The first-order valence-corrected chi connectivity index (χ1v) is 12.7. The molecular formula is C36H35N. The van der Waals surface area contributed by atoms with Crippen LogP contribution in [-0.4, -0.2) is 0 Å². The lowest BCUT2D eigenvalue weighted by molar-refractivity contribution is 0.691. The first-order valence-electron chi connectivity index (χ1n) is 12.7. The van der Waals surface area contributed by atoms with E-state index in [1.807, 2.05) is 48.5 Å². The van der Waals surface area contributed by atoms with E-state index >= 15 is 0 Å². The van der Waals surface area contributed by atoms with Gasteiger partial charge in [0.05, 0.1) is 0 Å². The fourth-order valence-electron chi connectivity index (χ4n) is 4.72. The summed E-state index contributed by atoms with van der Waals surface area (Å²) in [4.78, 5) is 0. The molecule has 5 aromatic carbocycles. The molecule has 0 heterocycles. The smallest absolute Gasteiger partial charge is 0.0435 e. The molecule has 0 saturated carbocycles. The fraction of sp³-hybridized carbons (Fsp3) is 0.111. The Morgan fingerprint density at radius 3 is 1.22 bits per heavy atom. The molecule has 1 nitrogen and oxygen atoms in total. The summed E-state index contributed by atoms with van der Waals surface area (Å²) in [6.45, 7) is 6.48. The molecule has 0 atom stereocenters. The van der Waals surface area contributed by atoms with Gasteiger partial charge in [-0.2, -0.15) is 0 Å². The van der Waals surface area contributed by atoms with Gasteiger partial charge in [-0.25, -0.2) is 0 Å². The zero-order valence-electron chi connectivity index (χ0n) is 21.9. The Bertz CT molecular complexity index is 1340. The normalized spacial score (nSPS) is 12.4. The summed E-state index contributed by atoms with van der Waals surface area (Å²) < 4.78 is 0. The molecular weight excluding hydrogens is 446 g/mol. The molecule has 5 aromatic rings. The van der Waals surface area contributed by atoms with Crippen LogP contribution < -0.4 is 5.73 Å². The van der Waals surface area contributed by atoms with Crippen molar-refractivity contribution >= 4 is 17.8 Å². The number of hydrogen-bond acceptors (Lipinski definition) is 1. The highest BCUT2D eigenvalue weighted by molar-refractivity contribution is 5.79. The van der Waals surface area contributed by atoms with Crippen molar-refractivity contribution in [2.24, 2.45) is 0 Å². The highest BCUT2D eigenvalue weighted by Gasteiger charge is 2.35. The maximum Gasteiger partial charge on any atom is 0.0435 e. The van der Waals surface area contributed by atoms with E-state index in [9.17, 15) is 0 Å². The van der Waals surface area contributed by atoms with Crippen LogP contribution in [0.4, 0.5) is 5.69 Å². The van der Waals surface area contributed by atoms with Gasteiger partial charge < -0.3 is 5.73 Å². The number of nitrogens with two attached hydrogens (primary N) is 1. The summed E-state index contributed by atoms with van der Waals surface area (Å²) in [5.74, 6) is 0. The first kappa shape index (κ1) is 25.7. The topological polar surface area (TPSA) is 26.0 Å². The minimum atomic E-state index is -0.204. The molecule has 0 aliphatic heterocycles. The first-order chi connectivity index (χ1) is 18.0. The van der Waals surface area contributed by atoms with Crippen molar-refractivity contribution in [3.63, 3.8) is 0 Å². The quantitative estimate of drug-likeness (QED) is 0.237. The maximum absolute atomic E-state index is 5.91. The summed E-state index contributed by atoms with van der Waals surface area (Å²) in [6.07, 6.45) is 4.44. The summed E-state index contributed by atoms with van der Waals surface area (Å²) in [7, 11) is 0. The Kier molecular flexibility index (Phi) is 8.38. The lowest BCUT2D eigenvalue weighted by atomic mass is 9.69. The maximum atomic E-state index is 5.91. The van der Waals surface area contributed by atoms with Gasteiger partial charge in [0.15, 0.2) is 0 Å². The van der Waals surface area contributed by atoms with Gasteiger partial charge in [-0.1, -0.05) is 145 Å². The molecule has 184 valence electrons. The molecule has 2 N–H and O–H groups in total. The van der Waals surface area contributed by atoms with Crippen molar-refractivity contribution in [1.82, 2.24) is 0 Å². The van der Waals surface area contributed by atoms with Gasteiger partial charge in [0.25, 0.3) is 0 Å². The summed E-state index contributed by atoms with van der Waals surface area (Å²) in [6, 6.07) is 46.1. The monoisotopic (exact) mass is 481 g/mol. The van der Waals surface area contributed by atoms with Crippen molar-refractivity contribution in [1.29, 1.82) is 0 Å². The van der Waals surface area contributed by atoms with Gasteiger partial charge in [0.2, 0.25) is 0 Å². The van der Waals surface area contributed by atoms with Crippen LogP contribution in [0.1, 0.15) is 45.9 Å². The molecule has 1 heteroatoms. The summed E-state index contributed by atoms with van der Waals surface area (Å²) in [5.41, 5.74) is 15.6. The van der Waals surface area contributed by atoms with Crippen molar-refractivity contribution in [2.45, 2.75) is 26.2 Å². The van der Waals surface area contributed by atoms with E-state index in [1.54, 1.807) is 0 Å². The molecule has 1 aliphatic rings. The number of benzene rings is 5. The fourth-order valence-corrected chi connectivity index (χ4v) is 4.72. The number of rotatable bonds is 1. The standard InChI is InChI=1S/C22H19N.2C7H8/c1-22(18-12-14-19(23)15-13-18)20-8-4-2-6-16(20)10-11-17-7-3-5-9-21(17)22;2*1-7-5-3-2-4-6-7/h2-15H,23H2,1H3;2*2-6H,1H3. The van der Waals surface area contributed by atoms with Gasteiger partial charge >= 0.3 is 0 Å². The van der Waals surface area contributed by atoms with Gasteiger partial charge in [-0.05, 0) is 60.7 Å². The van der Waals surface area contributed by atoms with Gasteiger partial charge in [-0.15, -0.1) is 0 Å². The number of anilines is 1. The van der Waals surface area contributed by atoms with Gasteiger partial charge in [0.1, 0.15) is 0 Å². The lowest BCUT2D eigenvalue weighted by Gasteiger charge is -2.33. The van der Waals surface area contributed by atoms with Crippen LogP contribution in [0.2, 0.25) is 0 Å². The molecule has 6 rings (SSSR count). The molecule has 0 saturated heterocycles. The molecule has 0 aromatic heterocycles. The average molecular weight is 482 g/mol. The molecule has 0 amide bonds. The predicted octanol–water partition coefficient (Wildman–Crippen LogP) is 9.10. The van der Waals surface area contributed by atoms with Crippen molar-refractivity contribution in [3.8, 4) is 0 Å². The second-order valence-electron chi connectivity index (χ2n) is 9.56. The van der Waals surface area contributed by atoms with Crippen LogP contribution in [0.3, 0.4) is 0 Å². The molecule has 0 radical (unpaired) electrons. The lowest BCUT2D eigenvalue weighted by Crippen LogP contribution is -2.26. The van der Waals surface area contributed by atoms with Crippen LogP contribution in [-0.2, 0) is 5.41 Å². The molecule has 1 aliphatic carbocycles. The van der Waals surface area contributed by atoms with Crippen LogP contribution in [0, 0.1) is 13.8 Å². The van der Waals surface area contributed by atoms with Crippen molar-refractivity contribution in [2.75, 3.05) is 5.73 Å². The Morgan fingerprint density at radius 1 is 0.459 bits per heavy atom. The minimum Gasteiger partial charge on any atom is -0.399 e. The third-order valence-electron chi connectivity index (χ3n) is 6.81. The van der Waals surface area contributed by atoms with E-state index in [0.717, 1.165) is 5.69 Å². The van der Waals surface area contributed by atoms with E-state index < -0.39 is 0 Å². The number of hydrogen-bond donors (Lipinski definition) is 1. The third kappa shape index (κ3) is 6.26. The number of nitrogen functional groups attached to an aromatic ring is 1. The van der Waals surface area contributed by atoms with Crippen LogP contribution in [0.5, 0.6) is 0 Å². The zero-order valence-corrected chi connectivity index (χ0v) is 21.9. The van der Waals surface area contributed by atoms with E-state index in [0.29, 0.717) is 0 Å². The summed E-state index contributed by atoms with van der Waals surface area (Å²) >= 11 is 0. The Morgan fingerprint density at radius 2 is 0.838 bits per heavy atom.